The number of para-hydroxylation sites is 2. The lowest BCUT2D eigenvalue weighted by atomic mass is 10.2. The second-order valence-electron chi connectivity index (χ2n) is 7.73. The molecule has 1 fully saturated rings. The van der Waals surface area contributed by atoms with Gasteiger partial charge in [-0.25, -0.2) is 9.78 Å². The number of benzene rings is 1. The molecule has 1 N–H and O–H groups in total. The fourth-order valence-electron chi connectivity index (χ4n) is 3.88. The first-order valence-electron chi connectivity index (χ1n) is 10.2. The number of ether oxygens (including phenoxy) is 1. The SMILES string of the molecule is C[C@@H]1CN(Cc2csc(NC(=O)CCCn3c(=O)oc4ccccc43)n2)C[C@H](C)O1. The molecule has 0 saturated carbocycles. The van der Waals surface area contributed by atoms with Crippen molar-refractivity contribution >= 4 is 33.5 Å². The maximum atomic E-state index is 12.3. The summed E-state index contributed by atoms with van der Waals surface area (Å²) in [7, 11) is 0. The van der Waals surface area contributed by atoms with Gasteiger partial charge in [-0.2, -0.15) is 0 Å². The van der Waals surface area contributed by atoms with Crippen molar-refractivity contribution in [2.75, 3.05) is 18.4 Å². The summed E-state index contributed by atoms with van der Waals surface area (Å²) in [5.41, 5.74) is 2.26. The van der Waals surface area contributed by atoms with E-state index in [-0.39, 0.29) is 18.1 Å². The Labute approximate surface area is 178 Å². The van der Waals surface area contributed by atoms with Crippen LogP contribution in [0.2, 0.25) is 0 Å². The molecule has 160 valence electrons. The van der Waals surface area contributed by atoms with Crippen LogP contribution in [0, 0.1) is 0 Å². The summed E-state index contributed by atoms with van der Waals surface area (Å²) in [5, 5.41) is 5.45. The molecule has 0 aliphatic carbocycles. The Hall–Kier alpha value is -2.49. The van der Waals surface area contributed by atoms with Crippen LogP contribution in [0.3, 0.4) is 0 Å². The summed E-state index contributed by atoms with van der Waals surface area (Å²) < 4.78 is 12.5. The minimum atomic E-state index is -0.395. The zero-order chi connectivity index (χ0) is 21.1. The molecule has 2 aromatic heterocycles. The van der Waals surface area contributed by atoms with Crippen molar-refractivity contribution in [3.8, 4) is 0 Å². The number of fused-ring (bicyclic) bond motifs is 1. The third kappa shape index (κ3) is 4.97. The Morgan fingerprint density at radius 2 is 2.03 bits per heavy atom. The van der Waals surface area contributed by atoms with Gasteiger partial charge in [-0.05, 0) is 32.4 Å². The van der Waals surface area contributed by atoms with Crippen molar-refractivity contribution in [3.63, 3.8) is 0 Å². The number of carbonyl (C=O) groups is 1. The van der Waals surface area contributed by atoms with Crippen molar-refractivity contribution < 1.29 is 13.9 Å². The maximum Gasteiger partial charge on any atom is 0.419 e. The fourth-order valence-corrected chi connectivity index (χ4v) is 4.60. The molecule has 1 amide bonds. The highest BCUT2D eigenvalue weighted by atomic mass is 32.1. The third-order valence-electron chi connectivity index (χ3n) is 5.04. The van der Waals surface area contributed by atoms with Crippen molar-refractivity contribution in [2.45, 2.75) is 52.0 Å². The van der Waals surface area contributed by atoms with Crippen molar-refractivity contribution in [2.24, 2.45) is 0 Å². The van der Waals surface area contributed by atoms with E-state index in [1.165, 1.54) is 11.3 Å². The van der Waals surface area contributed by atoms with Crippen molar-refractivity contribution in [1.29, 1.82) is 0 Å². The second-order valence-corrected chi connectivity index (χ2v) is 8.59. The van der Waals surface area contributed by atoms with Gasteiger partial charge < -0.3 is 14.5 Å². The number of amides is 1. The number of rotatable bonds is 7. The quantitative estimate of drug-likeness (QED) is 0.620. The topological polar surface area (TPSA) is 89.6 Å². The predicted octanol–water partition coefficient (Wildman–Crippen LogP) is 3.08. The zero-order valence-electron chi connectivity index (χ0n) is 17.2. The van der Waals surface area contributed by atoms with E-state index >= 15 is 0 Å². The molecule has 1 aromatic carbocycles. The lowest BCUT2D eigenvalue weighted by Crippen LogP contribution is -2.44. The van der Waals surface area contributed by atoms with Crippen molar-refractivity contribution in [1.82, 2.24) is 14.5 Å². The molecule has 3 aromatic rings. The van der Waals surface area contributed by atoms with Gasteiger partial charge in [-0.3, -0.25) is 14.3 Å². The highest BCUT2D eigenvalue weighted by molar-refractivity contribution is 7.13. The molecule has 3 heterocycles. The molecule has 9 heteroatoms. The maximum absolute atomic E-state index is 12.3. The normalized spacial score (nSPS) is 19.9. The van der Waals surface area contributed by atoms with Crippen LogP contribution in [0.5, 0.6) is 0 Å². The lowest BCUT2D eigenvalue weighted by molar-refractivity contribution is -0.116. The summed E-state index contributed by atoms with van der Waals surface area (Å²) in [5.74, 6) is -0.502. The number of nitrogens with one attached hydrogen (secondary N) is 1. The molecule has 2 atom stereocenters. The summed E-state index contributed by atoms with van der Waals surface area (Å²) >= 11 is 1.43. The minimum absolute atomic E-state index is 0.106. The minimum Gasteiger partial charge on any atom is -0.408 e. The summed E-state index contributed by atoms with van der Waals surface area (Å²) in [6.07, 6.45) is 1.27. The number of oxazole rings is 1. The Bertz CT molecular complexity index is 1060. The van der Waals surface area contributed by atoms with E-state index in [0.717, 1.165) is 30.8 Å². The molecule has 8 nitrogen and oxygen atoms in total. The molecule has 1 aliphatic rings. The summed E-state index contributed by atoms with van der Waals surface area (Å²) in [4.78, 5) is 31.1. The number of hydrogen-bond acceptors (Lipinski definition) is 7. The van der Waals surface area contributed by atoms with Gasteiger partial charge in [0.05, 0.1) is 23.4 Å². The second kappa shape index (κ2) is 9.11. The Kier molecular flexibility index (Phi) is 6.31. The van der Waals surface area contributed by atoms with Gasteiger partial charge in [0.1, 0.15) is 0 Å². The number of anilines is 1. The third-order valence-corrected chi connectivity index (χ3v) is 5.84. The van der Waals surface area contributed by atoms with Crippen LogP contribution in [-0.2, 0) is 22.6 Å². The smallest absolute Gasteiger partial charge is 0.408 e. The highest BCUT2D eigenvalue weighted by Gasteiger charge is 2.22. The average Bonchev–Trinajstić information content (AvgIpc) is 3.24. The van der Waals surface area contributed by atoms with Gasteiger partial charge in [0.15, 0.2) is 10.7 Å². The Balaban J connectivity index is 1.26. The molecule has 0 bridgehead atoms. The largest absolute Gasteiger partial charge is 0.419 e. The standard InChI is InChI=1S/C21H26N4O4S/c1-14-10-24(11-15(2)28-14)12-16-13-30-20(22-16)23-19(26)8-5-9-25-17-6-3-4-7-18(17)29-21(25)27/h3-4,6-7,13-15H,5,8-12H2,1-2H3,(H,22,23,26)/t14-,15+. The number of aromatic nitrogens is 2. The van der Waals surface area contributed by atoms with Gasteiger partial charge in [0.25, 0.3) is 0 Å². The number of nitrogens with zero attached hydrogens (tertiary/aromatic N) is 3. The van der Waals surface area contributed by atoms with E-state index in [9.17, 15) is 9.59 Å². The monoisotopic (exact) mass is 430 g/mol. The number of carbonyl (C=O) groups excluding carboxylic acids is 1. The Morgan fingerprint density at radius 3 is 2.83 bits per heavy atom. The first kappa shape index (κ1) is 20.8. The van der Waals surface area contributed by atoms with E-state index in [1.54, 1.807) is 10.6 Å². The molecule has 1 aliphatic heterocycles. The van der Waals surface area contributed by atoms with Crippen LogP contribution in [0.15, 0.2) is 38.9 Å². The van der Waals surface area contributed by atoms with Gasteiger partial charge in [-0.15, -0.1) is 11.3 Å². The van der Waals surface area contributed by atoms with E-state index in [2.05, 4.69) is 29.0 Å². The summed E-state index contributed by atoms with van der Waals surface area (Å²) in [6.45, 7) is 7.10. The van der Waals surface area contributed by atoms with Gasteiger partial charge in [-0.1, -0.05) is 12.1 Å². The van der Waals surface area contributed by atoms with E-state index in [1.807, 2.05) is 23.6 Å². The molecule has 0 radical (unpaired) electrons. The molecule has 30 heavy (non-hydrogen) atoms. The molecular weight excluding hydrogens is 404 g/mol. The van der Waals surface area contributed by atoms with Gasteiger partial charge >= 0.3 is 5.76 Å². The molecule has 0 unspecified atom stereocenters. The van der Waals surface area contributed by atoms with E-state index in [0.29, 0.717) is 30.1 Å². The van der Waals surface area contributed by atoms with E-state index in [4.69, 9.17) is 9.15 Å². The molecular formula is C21H26N4O4S. The van der Waals surface area contributed by atoms with E-state index < -0.39 is 5.76 Å². The Morgan fingerprint density at radius 1 is 1.27 bits per heavy atom. The molecule has 0 spiro atoms. The first-order chi connectivity index (χ1) is 14.5. The number of morpholine rings is 1. The summed E-state index contributed by atoms with van der Waals surface area (Å²) in [6, 6.07) is 7.29. The number of aryl methyl sites for hydroxylation is 1. The first-order valence-corrected chi connectivity index (χ1v) is 11.1. The molecule has 1 saturated heterocycles. The van der Waals surface area contributed by atoms with Crippen LogP contribution >= 0.6 is 11.3 Å². The van der Waals surface area contributed by atoms with Gasteiger partial charge in [0.2, 0.25) is 5.91 Å². The average molecular weight is 431 g/mol. The fraction of sp³-hybridized carbons (Fsp3) is 0.476. The highest BCUT2D eigenvalue weighted by Crippen LogP contribution is 2.20. The number of hydrogen-bond donors (Lipinski definition) is 1. The van der Waals surface area contributed by atoms with Crippen molar-refractivity contribution in [3.05, 3.63) is 45.9 Å². The van der Waals surface area contributed by atoms with Crippen LogP contribution in [0.25, 0.3) is 11.1 Å². The molecule has 4 rings (SSSR count). The number of thiazole rings is 1. The van der Waals surface area contributed by atoms with Crippen LogP contribution in [0.1, 0.15) is 32.4 Å². The van der Waals surface area contributed by atoms with Crippen LogP contribution in [0.4, 0.5) is 5.13 Å². The predicted molar refractivity (Wildman–Crippen MR) is 116 cm³/mol. The van der Waals surface area contributed by atoms with Crippen LogP contribution in [-0.4, -0.2) is 45.7 Å². The zero-order valence-corrected chi connectivity index (χ0v) is 18.0. The van der Waals surface area contributed by atoms with Crippen LogP contribution < -0.4 is 11.1 Å². The van der Waals surface area contributed by atoms with Gasteiger partial charge in [0, 0.05) is 38.0 Å². The lowest BCUT2D eigenvalue weighted by Gasteiger charge is -2.34.